The average Bonchev–Trinajstić information content (AvgIpc) is 2.60. The number of sulfone groups is 1. The molecular formula is C18H19ClN2O4S. The molecule has 0 bridgehead atoms. The van der Waals surface area contributed by atoms with Gasteiger partial charge in [-0.05, 0) is 42.0 Å². The molecule has 0 saturated heterocycles. The molecule has 0 atom stereocenters. The summed E-state index contributed by atoms with van der Waals surface area (Å²) in [5, 5.41) is 0.443. The number of amides is 2. The first-order chi connectivity index (χ1) is 12.2. The molecule has 0 fully saturated rings. The minimum absolute atomic E-state index is 0.131. The lowest BCUT2D eigenvalue weighted by Gasteiger charge is -2.17. The zero-order valence-corrected chi connectivity index (χ0v) is 15.8. The maximum absolute atomic E-state index is 12.3. The van der Waals surface area contributed by atoms with E-state index in [1.807, 2.05) is 0 Å². The van der Waals surface area contributed by atoms with Crippen molar-refractivity contribution in [3.05, 3.63) is 64.7 Å². The highest BCUT2D eigenvalue weighted by Gasteiger charge is 2.18. The molecule has 0 spiro atoms. The third kappa shape index (κ3) is 5.31. The number of rotatable bonds is 7. The van der Waals surface area contributed by atoms with Crippen molar-refractivity contribution in [3.8, 4) is 0 Å². The van der Waals surface area contributed by atoms with Crippen molar-refractivity contribution in [2.75, 3.05) is 12.8 Å². The second-order valence-electron chi connectivity index (χ2n) is 5.84. The molecule has 2 N–H and O–H groups in total. The molecular weight excluding hydrogens is 376 g/mol. The van der Waals surface area contributed by atoms with Crippen LogP contribution in [0.2, 0.25) is 5.02 Å². The molecule has 0 unspecified atom stereocenters. The molecule has 0 aliphatic heterocycles. The monoisotopic (exact) mass is 394 g/mol. The van der Waals surface area contributed by atoms with Gasteiger partial charge in [0.1, 0.15) is 0 Å². The quantitative estimate of drug-likeness (QED) is 0.778. The van der Waals surface area contributed by atoms with Crippen molar-refractivity contribution < 1.29 is 18.0 Å². The molecule has 0 saturated carbocycles. The zero-order chi connectivity index (χ0) is 19.3. The van der Waals surface area contributed by atoms with Gasteiger partial charge >= 0.3 is 0 Å². The van der Waals surface area contributed by atoms with Gasteiger partial charge < -0.3 is 10.6 Å². The van der Waals surface area contributed by atoms with E-state index < -0.39 is 15.7 Å². The average molecular weight is 395 g/mol. The van der Waals surface area contributed by atoms with Gasteiger partial charge in [0.2, 0.25) is 11.8 Å². The standard InChI is InChI=1S/C18H19ClN2O4S/c1-21(12-13-3-2-4-14(11-13)18(20)23)17(22)9-10-26(24,25)16-7-5-15(19)6-8-16/h2-8,11H,9-10,12H2,1H3,(H2,20,23). The number of hydrogen-bond donors (Lipinski definition) is 1. The summed E-state index contributed by atoms with van der Waals surface area (Å²) < 4.78 is 24.6. The van der Waals surface area contributed by atoms with Crippen LogP contribution in [0.15, 0.2) is 53.4 Å². The van der Waals surface area contributed by atoms with Gasteiger partial charge in [-0.15, -0.1) is 0 Å². The van der Waals surface area contributed by atoms with Crippen LogP contribution in [0.5, 0.6) is 0 Å². The first kappa shape index (κ1) is 19.9. The van der Waals surface area contributed by atoms with Crippen molar-refractivity contribution in [2.24, 2.45) is 5.73 Å². The summed E-state index contributed by atoms with van der Waals surface area (Å²) in [7, 11) is -1.99. The molecule has 0 heterocycles. The van der Waals surface area contributed by atoms with Crippen LogP contribution in [-0.4, -0.2) is 37.9 Å². The molecule has 26 heavy (non-hydrogen) atoms. The lowest BCUT2D eigenvalue weighted by molar-refractivity contribution is -0.130. The van der Waals surface area contributed by atoms with Gasteiger partial charge in [0, 0.05) is 30.6 Å². The van der Waals surface area contributed by atoms with Gasteiger partial charge in [0.05, 0.1) is 10.6 Å². The maximum atomic E-state index is 12.3. The summed E-state index contributed by atoms with van der Waals surface area (Å²) in [5.74, 6) is -1.15. The SMILES string of the molecule is CN(Cc1cccc(C(N)=O)c1)C(=O)CCS(=O)(=O)c1ccc(Cl)cc1. The number of primary amides is 1. The Morgan fingerprint density at radius 1 is 1.12 bits per heavy atom. The van der Waals surface area contributed by atoms with Crippen LogP contribution < -0.4 is 5.73 Å². The summed E-state index contributed by atoms with van der Waals surface area (Å²) in [6, 6.07) is 12.5. The first-order valence-electron chi connectivity index (χ1n) is 7.80. The van der Waals surface area contributed by atoms with Gasteiger partial charge in [0.15, 0.2) is 9.84 Å². The molecule has 2 aromatic rings. The van der Waals surface area contributed by atoms with E-state index in [0.717, 1.165) is 5.56 Å². The molecule has 2 aromatic carbocycles. The van der Waals surface area contributed by atoms with E-state index in [2.05, 4.69) is 0 Å². The summed E-state index contributed by atoms with van der Waals surface area (Å²) in [4.78, 5) is 25.0. The Kier molecular flexibility index (Phi) is 6.39. The summed E-state index contributed by atoms with van der Waals surface area (Å²) >= 11 is 5.75. The summed E-state index contributed by atoms with van der Waals surface area (Å²) in [6.45, 7) is 0.251. The fourth-order valence-electron chi connectivity index (χ4n) is 2.36. The van der Waals surface area contributed by atoms with Crippen LogP contribution in [0.25, 0.3) is 0 Å². The smallest absolute Gasteiger partial charge is 0.248 e. The Hall–Kier alpha value is -2.38. The van der Waals surface area contributed by atoms with Crippen molar-refractivity contribution >= 4 is 33.3 Å². The van der Waals surface area contributed by atoms with E-state index in [-0.39, 0.29) is 29.5 Å². The number of nitrogens with zero attached hydrogens (tertiary/aromatic N) is 1. The van der Waals surface area contributed by atoms with E-state index in [1.54, 1.807) is 31.3 Å². The van der Waals surface area contributed by atoms with E-state index in [1.165, 1.54) is 29.2 Å². The largest absolute Gasteiger partial charge is 0.366 e. The van der Waals surface area contributed by atoms with E-state index in [0.29, 0.717) is 10.6 Å². The molecule has 138 valence electrons. The van der Waals surface area contributed by atoms with Crippen LogP contribution >= 0.6 is 11.6 Å². The molecule has 0 aromatic heterocycles. The Labute approximate surface area is 157 Å². The van der Waals surface area contributed by atoms with E-state index in [9.17, 15) is 18.0 Å². The van der Waals surface area contributed by atoms with Crippen molar-refractivity contribution in [3.63, 3.8) is 0 Å². The fraction of sp³-hybridized carbons (Fsp3) is 0.222. The third-order valence-corrected chi connectivity index (χ3v) is 5.80. The van der Waals surface area contributed by atoms with Gasteiger partial charge in [-0.25, -0.2) is 8.42 Å². The fourth-order valence-corrected chi connectivity index (χ4v) is 3.71. The normalized spacial score (nSPS) is 11.2. The lowest BCUT2D eigenvalue weighted by atomic mass is 10.1. The van der Waals surface area contributed by atoms with Crippen LogP contribution in [-0.2, 0) is 21.2 Å². The number of benzene rings is 2. The second-order valence-corrected chi connectivity index (χ2v) is 8.38. The van der Waals surface area contributed by atoms with Crippen LogP contribution in [0.4, 0.5) is 0 Å². The molecule has 6 nitrogen and oxygen atoms in total. The molecule has 2 amide bonds. The van der Waals surface area contributed by atoms with Crippen molar-refractivity contribution in [1.82, 2.24) is 4.90 Å². The number of nitrogens with two attached hydrogens (primary N) is 1. The molecule has 8 heteroatoms. The minimum Gasteiger partial charge on any atom is -0.366 e. The summed E-state index contributed by atoms with van der Waals surface area (Å²) in [6.07, 6.45) is -0.142. The Balaban J connectivity index is 1.97. The van der Waals surface area contributed by atoms with E-state index in [4.69, 9.17) is 17.3 Å². The topological polar surface area (TPSA) is 97.5 Å². The van der Waals surface area contributed by atoms with Crippen molar-refractivity contribution in [1.29, 1.82) is 0 Å². The number of halogens is 1. The van der Waals surface area contributed by atoms with Crippen LogP contribution in [0.3, 0.4) is 0 Å². The highest BCUT2D eigenvalue weighted by molar-refractivity contribution is 7.91. The summed E-state index contributed by atoms with van der Waals surface area (Å²) in [5.41, 5.74) is 6.33. The Bertz CT molecular complexity index is 911. The predicted octanol–water partition coefficient (Wildman–Crippen LogP) is 2.26. The van der Waals surface area contributed by atoms with Gasteiger partial charge in [-0.3, -0.25) is 9.59 Å². The van der Waals surface area contributed by atoms with Gasteiger partial charge in [-0.2, -0.15) is 0 Å². The van der Waals surface area contributed by atoms with Crippen LogP contribution in [0.1, 0.15) is 22.3 Å². The maximum Gasteiger partial charge on any atom is 0.248 e. The molecule has 0 aliphatic carbocycles. The Morgan fingerprint density at radius 3 is 2.38 bits per heavy atom. The Morgan fingerprint density at radius 2 is 1.77 bits per heavy atom. The predicted molar refractivity (Wildman–Crippen MR) is 99.6 cm³/mol. The van der Waals surface area contributed by atoms with Crippen molar-refractivity contribution in [2.45, 2.75) is 17.9 Å². The highest BCUT2D eigenvalue weighted by Crippen LogP contribution is 2.16. The number of hydrogen-bond acceptors (Lipinski definition) is 4. The van der Waals surface area contributed by atoms with E-state index >= 15 is 0 Å². The first-order valence-corrected chi connectivity index (χ1v) is 9.83. The van der Waals surface area contributed by atoms with Gasteiger partial charge in [-0.1, -0.05) is 23.7 Å². The van der Waals surface area contributed by atoms with Crippen LogP contribution in [0, 0.1) is 0 Å². The molecule has 2 rings (SSSR count). The zero-order valence-electron chi connectivity index (χ0n) is 14.2. The second kappa shape index (κ2) is 8.33. The highest BCUT2D eigenvalue weighted by atomic mass is 35.5. The lowest BCUT2D eigenvalue weighted by Crippen LogP contribution is -2.28. The minimum atomic E-state index is -3.56. The molecule has 0 radical (unpaired) electrons. The third-order valence-electron chi connectivity index (χ3n) is 3.81. The van der Waals surface area contributed by atoms with Gasteiger partial charge in [0.25, 0.3) is 0 Å². The number of carbonyl (C=O) groups excluding carboxylic acids is 2. The molecule has 0 aliphatic rings. The number of carbonyl (C=O) groups is 2.